The van der Waals surface area contributed by atoms with E-state index in [0.29, 0.717) is 13.0 Å². The molecule has 0 N–H and O–H groups in total. The van der Waals surface area contributed by atoms with Crippen molar-refractivity contribution in [2.45, 2.75) is 19.9 Å². The molecule has 0 aliphatic carbocycles. The Balaban J connectivity index is 2.14. The highest BCUT2D eigenvalue weighted by Crippen LogP contribution is 2.41. The molecule has 0 fully saturated rings. The third-order valence-electron chi connectivity index (χ3n) is 4.84. The molecule has 1 aromatic heterocycles. The summed E-state index contributed by atoms with van der Waals surface area (Å²) in [5, 5.41) is 10.4. The van der Waals surface area contributed by atoms with Gasteiger partial charge in [-0.2, -0.15) is 5.26 Å². The molecule has 2 nitrogen and oxygen atoms in total. The van der Waals surface area contributed by atoms with E-state index in [2.05, 4.69) is 84.3 Å². The monoisotopic (exact) mass is 336 g/mol. The van der Waals surface area contributed by atoms with Gasteiger partial charge in [0.15, 0.2) is 0 Å². The molecule has 2 heteroatoms. The maximum atomic E-state index is 9.19. The molecule has 0 bridgehead atoms. The lowest BCUT2D eigenvalue weighted by atomic mass is 9.98. The van der Waals surface area contributed by atoms with Gasteiger partial charge in [-0.3, -0.25) is 0 Å². The Morgan fingerprint density at radius 1 is 0.808 bits per heavy atom. The van der Waals surface area contributed by atoms with Crippen LogP contribution in [0, 0.1) is 18.3 Å². The van der Waals surface area contributed by atoms with Crippen LogP contribution in [-0.4, -0.2) is 4.57 Å². The van der Waals surface area contributed by atoms with Crippen LogP contribution in [0.4, 0.5) is 0 Å². The molecule has 0 aliphatic rings. The van der Waals surface area contributed by atoms with Gasteiger partial charge < -0.3 is 4.57 Å². The van der Waals surface area contributed by atoms with Crippen LogP contribution >= 0.6 is 0 Å². The van der Waals surface area contributed by atoms with Crippen molar-refractivity contribution in [3.05, 3.63) is 84.4 Å². The van der Waals surface area contributed by atoms with Crippen LogP contribution in [0.2, 0.25) is 0 Å². The fraction of sp³-hybridized carbons (Fsp3) is 0.125. The van der Waals surface area contributed by atoms with Gasteiger partial charge in [0.2, 0.25) is 0 Å². The molecule has 1 heterocycles. The smallest absolute Gasteiger partial charge is 0.0640 e. The third kappa shape index (κ3) is 2.68. The normalized spacial score (nSPS) is 10.8. The maximum absolute atomic E-state index is 9.19. The summed E-state index contributed by atoms with van der Waals surface area (Å²) in [6, 6.07) is 29.8. The molecule has 126 valence electrons. The standard InChI is InChI=1S/C24H20N2/c1-18-10-8-15-21-22(19-11-4-2-5-12-19)24(20-13-6-3-7-14-20)26(23(18)21)17-9-16-25/h2-8,10-15H,9,17H2,1H3. The van der Waals surface area contributed by atoms with Crippen LogP contribution in [0.3, 0.4) is 0 Å². The van der Waals surface area contributed by atoms with Gasteiger partial charge in [-0.15, -0.1) is 0 Å². The highest BCUT2D eigenvalue weighted by molar-refractivity contribution is 6.05. The summed E-state index contributed by atoms with van der Waals surface area (Å²) < 4.78 is 2.32. The summed E-state index contributed by atoms with van der Waals surface area (Å²) in [4.78, 5) is 0. The first-order valence-corrected chi connectivity index (χ1v) is 8.91. The van der Waals surface area contributed by atoms with Gasteiger partial charge in [-0.05, 0) is 23.6 Å². The second-order valence-corrected chi connectivity index (χ2v) is 6.49. The summed E-state index contributed by atoms with van der Waals surface area (Å²) in [6.45, 7) is 2.84. The van der Waals surface area contributed by atoms with E-state index in [4.69, 9.17) is 0 Å². The van der Waals surface area contributed by atoms with Crippen molar-refractivity contribution < 1.29 is 0 Å². The van der Waals surface area contributed by atoms with Gasteiger partial charge in [-0.25, -0.2) is 0 Å². The minimum atomic E-state index is 0.492. The Labute approximate surface area is 153 Å². The molecule has 26 heavy (non-hydrogen) atoms. The summed E-state index contributed by atoms with van der Waals surface area (Å²) in [6.07, 6.45) is 0.492. The number of hydrogen-bond donors (Lipinski definition) is 0. The molecule has 3 aromatic carbocycles. The number of nitrogens with zero attached hydrogens (tertiary/aromatic N) is 2. The van der Waals surface area contributed by atoms with E-state index in [9.17, 15) is 5.26 Å². The molecule has 0 amide bonds. The number of hydrogen-bond acceptors (Lipinski definition) is 1. The summed E-state index contributed by atoms with van der Waals surface area (Å²) in [7, 11) is 0. The minimum absolute atomic E-state index is 0.492. The highest BCUT2D eigenvalue weighted by atomic mass is 15.0. The Hall–Kier alpha value is -3.31. The first-order chi connectivity index (χ1) is 12.8. The number of rotatable bonds is 4. The van der Waals surface area contributed by atoms with E-state index in [1.807, 2.05) is 12.1 Å². The Kier molecular flexibility index (Phi) is 4.29. The lowest BCUT2D eigenvalue weighted by Crippen LogP contribution is -2.01. The van der Waals surface area contributed by atoms with E-state index in [0.717, 1.165) is 0 Å². The van der Waals surface area contributed by atoms with E-state index >= 15 is 0 Å². The quantitative estimate of drug-likeness (QED) is 0.436. The molecule has 0 saturated heterocycles. The van der Waals surface area contributed by atoms with Crippen molar-refractivity contribution in [1.29, 1.82) is 5.26 Å². The average molecular weight is 336 g/mol. The molecule has 4 aromatic rings. The van der Waals surface area contributed by atoms with Gasteiger partial charge in [0.1, 0.15) is 0 Å². The summed E-state index contributed by atoms with van der Waals surface area (Å²) in [5.74, 6) is 0. The van der Waals surface area contributed by atoms with Crippen molar-refractivity contribution in [3.8, 4) is 28.5 Å². The number of fused-ring (bicyclic) bond motifs is 1. The van der Waals surface area contributed by atoms with Gasteiger partial charge in [0.25, 0.3) is 0 Å². The van der Waals surface area contributed by atoms with E-state index in [1.165, 1.54) is 38.9 Å². The Morgan fingerprint density at radius 3 is 2.12 bits per heavy atom. The van der Waals surface area contributed by atoms with Gasteiger partial charge in [0.05, 0.1) is 23.7 Å². The van der Waals surface area contributed by atoms with Crippen molar-refractivity contribution in [3.63, 3.8) is 0 Å². The van der Waals surface area contributed by atoms with Crippen LogP contribution in [0.15, 0.2) is 78.9 Å². The van der Waals surface area contributed by atoms with Crippen molar-refractivity contribution in [2.24, 2.45) is 0 Å². The van der Waals surface area contributed by atoms with E-state index < -0.39 is 0 Å². The molecule has 0 unspecified atom stereocenters. The third-order valence-corrected chi connectivity index (χ3v) is 4.84. The lowest BCUT2D eigenvalue weighted by Gasteiger charge is -2.12. The molecular formula is C24H20N2. The SMILES string of the molecule is Cc1cccc2c(-c3ccccc3)c(-c3ccccc3)n(CCC#N)c12. The van der Waals surface area contributed by atoms with Crippen LogP contribution < -0.4 is 0 Å². The molecule has 4 rings (SSSR count). The zero-order valence-electron chi connectivity index (χ0n) is 14.8. The lowest BCUT2D eigenvalue weighted by molar-refractivity contribution is 0.750. The molecule has 0 radical (unpaired) electrons. The van der Waals surface area contributed by atoms with Crippen molar-refractivity contribution >= 4 is 10.9 Å². The average Bonchev–Trinajstić information content (AvgIpc) is 3.03. The number of aromatic nitrogens is 1. The topological polar surface area (TPSA) is 28.7 Å². The fourth-order valence-electron chi connectivity index (χ4n) is 3.77. The Bertz CT molecular complexity index is 1080. The second kappa shape index (κ2) is 6.90. The van der Waals surface area contributed by atoms with Gasteiger partial charge >= 0.3 is 0 Å². The number of benzene rings is 3. The largest absolute Gasteiger partial charge is 0.339 e. The van der Waals surface area contributed by atoms with Crippen LogP contribution in [0.5, 0.6) is 0 Å². The maximum Gasteiger partial charge on any atom is 0.0640 e. The highest BCUT2D eigenvalue weighted by Gasteiger charge is 2.20. The first kappa shape index (κ1) is 16.2. The molecular weight excluding hydrogens is 316 g/mol. The number of nitriles is 1. The van der Waals surface area contributed by atoms with Crippen LogP contribution in [0.1, 0.15) is 12.0 Å². The second-order valence-electron chi connectivity index (χ2n) is 6.49. The van der Waals surface area contributed by atoms with Crippen LogP contribution in [0.25, 0.3) is 33.3 Å². The van der Waals surface area contributed by atoms with Gasteiger partial charge in [0, 0.05) is 17.5 Å². The molecule has 0 saturated carbocycles. The zero-order valence-corrected chi connectivity index (χ0v) is 14.8. The minimum Gasteiger partial charge on any atom is -0.339 e. The molecule has 0 aliphatic heterocycles. The first-order valence-electron chi connectivity index (χ1n) is 8.91. The van der Waals surface area contributed by atoms with Crippen molar-refractivity contribution in [1.82, 2.24) is 4.57 Å². The Morgan fingerprint density at radius 2 is 1.46 bits per heavy atom. The predicted octanol–water partition coefficient (Wildman–Crippen LogP) is 6.20. The molecule has 0 atom stereocenters. The molecule has 0 spiro atoms. The summed E-state index contributed by atoms with van der Waals surface area (Å²) >= 11 is 0. The fourth-order valence-corrected chi connectivity index (χ4v) is 3.77. The van der Waals surface area contributed by atoms with Crippen molar-refractivity contribution in [2.75, 3.05) is 0 Å². The summed E-state index contributed by atoms with van der Waals surface area (Å²) in [5.41, 5.74) is 7.28. The predicted molar refractivity (Wildman–Crippen MR) is 108 cm³/mol. The van der Waals surface area contributed by atoms with E-state index in [1.54, 1.807) is 0 Å². The van der Waals surface area contributed by atoms with Gasteiger partial charge in [-0.1, -0.05) is 78.9 Å². The number of para-hydroxylation sites is 1. The zero-order chi connectivity index (χ0) is 17.9. The van der Waals surface area contributed by atoms with Crippen LogP contribution in [-0.2, 0) is 6.54 Å². The van der Waals surface area contributed by atoms with E-state index in [-0.39, 0.29) is 0 Å². The number of aryl methyl sites for hydroxylation is 2.